The first kappa shape index (κ1) is 17.1. The number of halogens is 2. The summed E-state index contributed by atoms with van der Waals surface area (Å²) in [6.07, 6.45) is 4.53. The van der Waals surface area contributed by atoms with E-state index in [0.29, 0.717) is 26.1 Å². The lowest BCUT2D eigenvalue weighted by molar-refractivity contribution is -0.120. The molecule has 1 aromatic carbocycles. The molecule has 1 aliphatic heterocycles. The van der Waals surface area contributed by atoms with Crippen molar-refractivity contribution in [2.75, 3.05) is 0 Å². The average Bonchev–Trinajstić information content (AvgIpc) is 2.84. The molecular weight excluding hydrogens is 387 g/mol. The first-order chi connectivity index (χ1) is 11.5. The topological polar surface area (TPSA) is 50.3 Å². The van der Waals surface area contributed by atoms with Gasteiger partial charge in [-0.15, -0.1) is 0 Å². The Bertz CT molecular complexity index is 885. The second-order valence-corrected chi connectivity index (χ2v) is 7.25. The molecule has 1 saturated heterocycles. The zero-order chi connectivity index (χ0) is 17.3. The summed E-state index contributed by atoms with van der Waals surface area (Å²) in [5.41, 5.74) is 0.912. The lowest BCUT2D eigenvalue weighted by Gasteiger charge is -2.11. The van der Waals surface area contributed by atoms with Crippen molar-refractivity contribution in [2.45, 2.75) is 0 Å². The Morgan fingerprint density at radius 3 is 2.75 bits per heavy atom. The molecule has 2 amide bonds. The fourth-order valence-electron chi connectivity index (χ4n) is 2.02. The van der Waals surface area contributed by atoms with E-state index in [4.69, 9.17) is 35.4 Å². The average molecular weight is 395 g/mol. The molecule has 8 heteroatoms. The van der Waals surface area contributed by atoms with Crippen LogP contribution < -0.4 is 0 Å². The van der Waals surface area contributed by atoms with Crippen molar-refractivity contribution in [1.82, 2.24) is 9.88 Å². The van der Waals surface area contributed by atoms with Crippen LogP contribution in [0.15, 0.2) is 47.6 Å². The third-order valence-corrected chi connectivity index (χ3v) is 5.02. The maximum Gasteiger partial charge on any atom is 0.273 e. The zero-order valence-electron chi connectivity index (χ0n) is 11.9. The maximum atomic E-state index is 12.6. The number of amides is 2. The van der Waals surface area contributed by atoms with Crippen LogP contribution in [0.2, 0.25) is 10.0 Å². The van der Waals surface area contributed by atoms with Crippen molar-refractivity contribution >= 4 is 69.4 Å². The predicted molar refractivity (Wildman–Crippen MR) is 100 cm³/mol. The van der Waals surface area contributed by atoms with Crippen LogP contribution in [0.1, 0.15) is 15.9 Å². The Kier molecular flexibility index (Phi) is 5.01. The van der Waals surface area contributed by atoms with E-state index in [2.05, 4.69) is 4.98 Å². The minimum atomic E-state index is -0.504. The maximum absolute atomic E-state index is 12.6. The van der Waals surface area contributed by atoms with Crippen molar-refractivity contribution in [2.24, 2.45) is 0 Å². The van der Waals surface area contributed by atoms with Gasteiger partial charge in [-0.25, -0.2) is 4.90 Å². The van der Waals surface area contributed by atoms with Gasteiger partial charge >= 0.3 is 0 Å². The normalized spacial score (nSPS) is 16.1. The number of nitrogens with zero attached hydrogens (tertiary/aromatic N) is 2. The van der Waals surface area contributed by atoms with Gasteiger partial charge in [0.1, 0.15) is 0 Å². The van der Waals surface area contributed by atoms with Crippen molar-refractivity contribution in [1.29, 1.82) is 0 Å². The number of carbonyl (C=O) groups excluding carboxylic acids is 2. The molecule has 24 heavy (non-hydrogen) atoms. The molecule has 0 bridgehead atoms. The minimum Gasteiger partial charge on any atom is -0.268 e. The predicted octanol–water partition coefficient (Wildman–Crippen LogP) is 4.43. The SMILES string of the molecule is O=C1/C(=C/c2ccc(Cl)cc2Cl)SC(=S)N1C(=O)c1cccnc1. The van der Waals surface area contributed by atoms with Crippen LogP contribution in [0, 0.1) is 0 Å². The molecule has 1 fully saturated rings. The Morgan fingerprint density at radius 2 is 2.08 bits per heavy atom. The molecule has 0 unspecified atom stereocenters. The van der Waals surface area contributed by atoms with E-state index in [1.807, 2.05) is 0 Å². The van der Waals surface area contributed by atoms with Gasteiger partial charge in [0.05, 0.1) is 10.5 Å². The minimum absolute atomic E-state index is 0.171. The summed E-state index contributed by atoms with van der Waals surface area (Å²) >= 11 is 18.2. The largest absolute Gasteiger partial charge is 0.273 e. The van der Waals surface area contributed by atoms with E-state index in [9.17, 15) is 9.59 Å². The van der Waals surface area contributed by atoms with Gasteiger partial charge in [-0.3, -0.25) is 14.6 Å². The molecule has 2 aromatic rings. The van der Waals surface area contributed by atoms with Crippen LogP contribution in [0.5, 0.6) is 0 Å². The van der Waals surface area contributed by atoms with Crippen LogP contribution in [0.25, 0.3) is 6.08 Å². The lowest BCUT2D eigenvalue weighted by Crippen LogP contribution is -2.34. The summed E-state index contributed by atoms with van der Waals surface area (Å²) in [6, 6.07) is 8.14. The second kappa shape index (κ2) is 7.03. The van der Waals surface area contributed by atoms with Crippen molar-refractivity contribution < 1.29 is 9.59 Å². The van der Waals surface area contributed by atoms with Crippen LogP contribution >= 0.6 is 47.2 Å². The van der Waals surface area contributed by atoms with E-state index >= 15 is 0 Å². The number of pyridine rings is 1. The van der Waals surface area contributed by atoms with Crippen LogP contribution in [-0.4, -0.2) is 26.0 Å². The summed E-state index contributed by atoms with van der Waals surface area (Å²) in [6.45, 7) is 0. The van der Waals surface area contributed by atoms with Crippen molar-refractivity contribution in [3.63, 3.8) is 0 Å². The highest BCUT2D eigenvalue weighted by Gasteiger charge is 2.37. The molecule has 1 aromatic heterocycles. The van der Waals surface area contributed by atoms with E-state index < -0.39 is 11.8 Å². The fourth-order valence-corrected chi connectivity index (χ4v) is 3.73. The molecule has 0 aliphatic carbocycles. The van der Waals surface area contributed by atoms with E-state index in [-0.39, 0.29) is 4.32 Å². The van der Waals surface area contributed by atoms with Crippen molar-refractivity contribution in [3.8, 4) is 0 Å². The third kappa shape index (κ3) is 3.37. The molecule has 1 aliphatic rings. The summed E-state index contributed by atoms with van der Waals surface area (Å²) in [4.78, 5) is 30.2. The van der Waals surface area contributed by atoms with Gasteiger partial charge in [0.25, 0.3) is 11.8 Å². The molecule has 0 saturated carbocycles. The van der Waals surface area contributed by atoms with Gasteiger partial charge in [-0.05, 0) is 35.9 Å². The van der Waals surface area contributed by atoms with E-state index in [0.717, 1.165) is 16.7 Å². The summed E-state index contributed by atoms with van der Waals surface area (Å²) in [5, 5.41) is 0.905. The summed E-state index contributed by atoms with van der Waals surface area (Å²) in [7, 11) is 0. The van der Waals surface area contributed by atoms with Gasteiger partial charge in [-0.2, -0.15) is 0 Å². The molecular formula is C16H8Cl2N2O2S2. The zero-order valence-corrected chi connectivity index (χ0v) is 15.0. The molecule has 2 heterocycles. The van der Waals surface area contributed by atoms with Crippen LogP contribution in [0.4, 0.5) is 0 Å². The highest BCUT2D eigenvalue weighted by molar-refractivity contribution is 8.26. The monoisotopic (exact) mass is 394 g/mol. The summed E-state index contributed by atoms with van der Waals surface area (Å²) < 4.78 is 0.171. The lowest BCUT2D eigenvalue weighted by atomic mass is 10.2. The summed E-state index contributed by atoms with van der Waals surface area (Å²) in [5.74, 6) is -0.985. The molecule has 3 rings (SSSR count). The van der Waals surface area contributed by atoms with Gasteiger partial charge in [0, 0.05) is 22.4 Å². The molecule has 0 spiro atoms. The number of imide groups is 1. The number of hydrogen-bond donors (Lipinski definition) is 0. The molecule has 0 N–H and O–H groups in total. The first-order valence-electron chi connectivity index (χ1n) is 6.65. The molecule has 120 valence electrons. The van der Waals surface area contributed by atoms with Gasteiger partial charge in [-0.1, -0.05) is 53.2 Å². The smallest absolute Gasteiger partial charge is 0.268 e. The van der Waals surface area contributed by atoms with Gasteiger partial charge in [0.2, 0.25) is 0 Å². The quantitative estimate of drug-likeness (QED) is 0.428. The van der Waals surface area contributed by atoms with E-state index in [1.54, 1.807) is 42.6 Å². The fraction of sp³-hybridized carbons (Fsp3) is 0. The Labute approximate surface area is 157 Å². The number of thiocarbonyl (C=S) groups is 1. The second-order valence-electron chi connectivity index (χ2n) is 4.73. The van der Waals surface area contributed by atoms with Gasteiger partial charge in [0.15, 0.2) is 4.32 Å². The molecule has 4 nitrogen and oxygen atoms in total. The van der Waals surface area contributed by atoms with Crippen LogP contribution in [-0.2, 0) is 4.79 Å². The van der Waals surface area contributed by atoms with E-state index in [1.165, 1.54) is 6.20 Å². The number of carbonyl (C=O) groups is 2. The van der Waals surface area contributed by atoms with Gasteiger partial charge < -0.3 is 0 Å². The number of benzene rings is 1. The number of thioether (sulfide) groups is 1. The third-order valence-electron chi connectivity index (χ3n) is 3.15. The Balaban J connectivity index is 1.92. The first-order valence-corrected chi connectivity index (χ1v) is 8.63. The molecule has 0 atom stereocenters. The van der Waals surface area contributed by atoms with Crippen molar-refractivity contribution in [3.05, 3.63) is 68.8 Å². The highest BCUT2D eigenvalue weighted by atomic mass is 35.5. The Morgan fingerprint density at radius 1 is 1.29 bits per heavy atom. The molecule has 0 radical (unpaired) electrons. The Hall–Kier alpha value is -1.73. The number of aromatic nitrogens is 1. The number of rotatable bonds is 2. The number of hydrogen-bond acceptors (Lipinski definition) is 5. The standard InChI is InChI=1S/C16H8Cl2N2O2S2/c17-11-4-3-9(12(18)7-11)6-13-15(22)20(16(23)24-13)14(21)10-2-1-5-19-8-10/h1-8H/b13-6-. The highest BCUT2D eigenvalue weighted by Crippen LogP contribution is 2.35. The van der Waals surface area contributed by atoms with Crippen LogP contribution in [0.3, 0.4) is 0 Å².